The molecule has 6 heteroatoms. The van der Waals surface area contributed by atoms with Crippen LogP contribution < -0.4 is 5.32 Å². The summed E-state index contributed by atoms with van der Waals surface area (Å²) in [6.45, 7) is 4.02. The van der Waals surface area contributed by atoms with Crippen LogP contribution >= 0.6 is 0 Å². The molecule has 1 amide bonds. The van der Waals surface area contributed by atoms with Crippen molar-refractivity contribution >= 4 is 5.91 Å². The number of aromatic nitrogens is 1. The molecule has 0 unspecified atom stereocenters. The number of furan rings is 1. The summed E-state index contributed by atoms with van der Waals surface area (Å²) < 4.78 is 11.3. The van der Waals surface area contributed by atoms with E-state index in [2.05, 4.69) is 15.2 Å². The number of nitrogens with zero attached hydrogens (tertiary/aromatic N) is 2. The summed E-state index contributed by atoms with van der Waals surface area (Å²) in [6.07, 6.45) is 4.49. The Labute approximate surface area is 134 Å². The largest absolute Gasteiger partial charge is 0.465 e. The number of fused-ring (bicyclic) bond motifs is 1. The molecule has 122 valence electrons. The summed E-state index contributed by atoms with van der Waals surface area (Å²) in [4.78, 5) is 18.8. The molecule has 3 heterocycles. The number of rotatable bonds is 4. The molecule has 1 saturated carbocycles. The molecule has 1 aliphatic carbocycles. The topological polar surface area (TPSA) is 71.5 Å². The number of amides is 1. The first-order chi connectivity index (χ1) is 11.2. The molecular formula is C17H21N3O3. The van der Waals surface area contributed by atoms with Gasteiger partial charge in [-0.2, -0.15) is 0 Å². The Morgan fingerprint density at radius 1 is 1.30 bits per heavy atom. The second kappa shape index (κ2) is 5.85. The van der Waals surface area contributed by atoms with Crippen LogP contribution in [-0.2, 0) is 19.6 Å². The van der Waals surface area contributed by atoms with Crippen LogP contribution in [0.3, 0.4) is 0 Å². The maximum Gasteiger partial charge on any atom is 0.307 e. The lowest BCUT2D eigenvalue weighted by Crippen LogP contribution is -2.32. The highest BCUT2D eigenvalue weighted by Gasteiger charge is 2.29. The van der Waals surface area contributed by atoms with E-state index in [-0.39, 0.29) is 17.8 Å². The van der Waals surface area contributed by atoms with E-state index in [1.54, 1.807) is 0 Å². The maximum absolute atomic E-state index is 12.2. The number of aryl methyl sites for hydroxylation is 1. The fraction of sp³-hybridized carbons (Fsp3) is 0.529. The maximum atomic E-state index is 12.2. The molecule has 1 N–H and O–H groups in total. The quantitative estimate of drug-likeness (QED) is 0.939. The first kappa shape index (κ1) is 14.5. The summed E-state index contributed by atoms with van der Waals surface area (Å²) in [6, 6.07) is 4.23. The second-order valence-corrected chi connectivity index (χ2v) is 6.50. The van der Waals surface area contributed by atoms with Crippen LogP contribution in [-0.4, -0.2) is 21.8 Å². The zero-order chi connectivity index (χ0) is 15.8. The normalized spacial score (nSPS) is 18.5. The first-order valence-corrected chi connectivity index (χ1v) is 8.24. The number of nitrogens with one attached hydrogen (secondary N) is 1. The van der Waals surface area contributed by atoms with Crippen LogP contribution in [0.1, 0.15) is 59.3 Å². The Morgan fingerprint density at radius 2 is 2.13 bits per heavy atom. The Hall–Kier alpha value is -2.08. The van der Waals surface area contributed by atoms with E-state index < -0.39 is 0 Å². The number of carbonyl (C=O) groups is 1. The summed E-state index contributed by atoms with van der Waals surface area (Å²) in [5.41, 5.74) is 0.866. The summed E-state index contributed by atoms with van der Waals surface area (Å²) in [7, 11) is 0. The van der Waals surface area contributed by atoms with Gasteiger partial charge in [0.1, 0.15) is 17.3 Å². The van der Waals surface area contributed by atoms with Gasteiger partial charge in [-0.1, -0.05) is 12.8 Å². The lowest BCUT2D eigenvalue weighted by atomic mass is 10.2. The van der Waals surface area contributed by atoms with Crippen molar-refractivity contribution in [1.29, 1.82) is 0 Å². The minimum atomic E-state index is -0.181. The van der Waals surface area contributed by atoms with Crippen molar-refractivity contribution in [2.75, 3.05) is 0 Å². The van der Waals surface area contributed by atoms with Crippen molar-refractivity contribution in [2.45, 2.75) is 58.3 Å². The third-order valence-electron chi connectivity index (χ3n) is 4.58. The molecule has 1 fully saturated rings. The van der Waals surface area contributed by atoms with Gasteiger partial charge in [-0.05, 0) is 31.9 Å². The van der Waals surface area contributed by atoms with Gasteiger partial charge in [0.05, 0.1) is 18.8 Å². The average Bonchev–Trinajstić information content (AvgIpc) is 3.23. The van der Waals surface area contributed by atoms with E-state index in [4.69, 9.17) is 8.83 Å². The molecule has 0 saturated heterocycles. The van der Waals surface area contributed by atoms with Crippen LogP contribution in [0.2, 0.25) is 0 Å². The van der Waals surface area contributed by atoms with E-state index in [9.17, 15) is 4.79 Å². The van der Waals surface area contributed by atoms with Crippen molar-refractivity contribution in [3.05, 3.63) is 41.0 Å². The van der Waals surface area contributed by atoms with Gasteiger partial charge in [0.2, 0.25) is 0 Å². The molecule has 0 aromatic carbocycles. The smallest absolute Gasteiger partial charge is 0.307 e. The highest BCUT2D eigenvalue weighted by molar-refractivity contribution is 5.89. The molecule has 4 rings (SSSR count). The molecule has 6 nitrogen and oxygen atoms in total. The van der Waals surface area contributed by atoms with E-state index in [1.165, 1.54) is 12.8 Å². The molecule has 2 aromatic heterocycles. The zero-order valence-corrected chi connectivity index (χ0v) is 13.3. The van der Waals surface area contributed by atoms with Gasteiger partial charge in [-0.3, -0.25) is 9.69 Å². The van der Waals surface area contributed by atoms with E-state index >= 15 is 0 Å². The molecule has 1 aliphatic heterocycles. The van der Waals surface area contributed by atoms with Gasteiger partial charge < -0.3 is 14.2 Å². The minimum Gasteiger partial charge on any atom is -0.465 e. The van der Waals surface area contributed by atoms with E-state index in [0.29, 0.717) is 13.1 Å². The van der Waals surface area contributed by atoms with Crippen molar-refractivity contribution in [3.63, 3.8) is 0 Å². The van der Waals surface area contributed by atoms with Gasteiger partial charge in [-0.15, -0.1) is 0 Å². The Morgan fingerprint density at radius 3 is 2.83 bits per heavy atom. The van der Waals surface area contributed by atoms with Crippen molar-refractivity contribution < 1.29 is 13.6 Å². The predicted octanol–water partition coefficient (Wildman–Crippen LogP) is 2.76. The standard InChI is InChI=1S/C17H21N3O3/c1-11-6-7-13(22-11)8-20-9-14-15(10-20)23-17(19-14)16(21)18-12-4-2-3-5-12/h6-7,12H,2-5,8-10H2,1H3,(H,18,21). The zero-order valence-electron chi connectivity index (χ0n) is 13.3. The van der Waals surface area contributed by atoms with Crippen LogP contribution in [0.5, 0.6) is 0 Å². The number of hydrogen-bond donors (Lipinski definition) is 1. The predicted molar refractivity (Wildman–Crippen MR) is 82.6 cm³/mol. The van der Waals surface area contributed by atoms with E-state index in [1.807, 2.05) is 19.1 Å². The molecule has 2 aromatic rings. The van der Waals surface area contributed by atoms with Crippen LogP contribution in [0.25, 0.3) is 0 Å². The Kier molecular flexibility index (Phi) is 3.69. The number of hydrogen-bond acceptors (Lipinski definition) is 5. The van der Waals surface area contributed by atoms with Crippen LogP contribution in [0.4, 0.5) is 0 Å². The molecule has 0 atom stereocenters. The van der Waals surface area contributed by atoms with Gasteiger partial charge in [-0.25, -0.2) is 4.98 Å². The van der Waals surface area contributed by atoms with Crippen molar-refractivity contribution in [3.8, 4) is 0 Å². The summed E-state index contributed by atoms with van der Waals surface area (Å²) >= 11 is 0. The molecule has 2 aliphatic rings. The van der Waals surface area contributed by atoms with Gasteiger partial charge in [0.15, 0.2) is 0 Å². The second-order valence-electron chi connectivity index (χ2n) is 6.50. The average molecular weight is 315 g/mol. The van der Waals surface area contributed by atoms with E-state index in [0.717, 1.165) is 42.4 Å². The number of oxazole rings is 1. The SMILES string of the molecule is Cc1ccc(CN2Cc3nc(C(=O)NC4CCCC4)oc3C2)o1. The minimum absolute atomic E-state index is 0.181. The molecule has 0 spiro atoms. The summed E-state index contributed by atoms with van der Waals surface area (Å²) in [5.74, 6) is 2.67. The van der Waals surface area contributed by atoms with Crippen molar-refractivity contribution in [2.24, 2.45) is 0 Å². The molecular weight excluding hydrogens is 294 g/mol. The number of carbonyl (C=O) groups excluding carboxylic acids is 1. The molecule has 0 bridgehead atoms. The fourth-order valence-corrected chi connectivity index (χ4v) is 3.42. The molecule has 23 heavy (non-hydrogen) atoms. The Balaban J connectivity index is 1.37. The molecule has 0 radical (unpaired) electrons. The van der Waals surface area contributed by atoms with Gasteiger partial charge in [0, 0.05) is 12.6 Å². The van der Waals surface area contributed by atoms with Crippen LogP contribution in [0.15, 0.2) is 21.0 Å². The van der Waals surface area contributed by atoms with Gasteiger partial charge >= 0.3 is 5.91 Å². The van der Waals surface area contributed by atoms with Crippen LogP contribution in [0, 0.1) is 6.92 Å². The third kappa shape index (κ3) is 3.03. The van der Waals surface area contributed by atoms with Gasteiger partial charge in [0.25, 0.3) is 5.89 Å². The fourth-order valence-electron chi connectivity index (χ4n) is 3.42. The monoisotopic (exact) mass is 315 g/mol. The van der Waals surface area contributed by atoms with Crippen molar-refractivity contribution in [1.82, 2.24) is 15.2 Å². The Bertz CT molecular complexity index is 689. The lowest BCUT2D eigenvalue weighted by Gasteiger charge is -2.12. The highest BCUT2D eigenvalue weighted by Crippen LogP contribution is 2.26. The first-order valence-electron chi connectivity index (χ1n) is 8.24. The third-order valence-corrected chi connectivity index (χ3v) is 4.58. The lowest BCUT2D eigenvalue weighted by molar-refractivity contribution is 0.0897. The highest BCUT2D eigenvalue weighted by atomic mass is 16.4. The summed E-state index contributed by atoms with van der Waals surface area (Å²) in [5, 5.41) is 3.01.